The van der Waals surface area contributed by atoms with Crippen LogP contribution >= 0.6 is 23.2 Å². The van der Waals surface area contributed by atoms with Crippen LogP contribution < -0.4 is 14.2 Å². The molecule has 1 aliphatic rings. The van der Waals surface area contributed by atoms with Gasteiger partial charge in [0, 0.05) is 41.7 Å². The van der Waals surface area contributed by atoms with Crippen LogP contribution in [-0.4, -0.2) is 75.3 Å². The maximum atomic E-state index is 12.0. The predicted molar refractivity (Wildman–Crippen MR) is 196 cm³/mol. The number of aromatic nitrogens is 1. The molecule has 0 radical (unpaired) electrons. The van der Waals surface area contributed by atoms with Crippen molar-refractivity contribution in [3.05, 3.63) is 105 Å². The molecule has 1 aliphatic heterocycles. The number of aliphatic carboxylic acids is 1. The van der Waals surface area contributed by atoms with Crippen LogP contribution in [0, 0.1) is 23.7 Å². The van der Waals surface area contributed by atoms with Gasteiger partial charge in [0.2, 0.25) is 0 Å². The molecule has 4 aromatic rings. The van der Waals surface area contributed by atoms with Gasteiger partial charge in [-0.3, -0.25) is 14.7 Å². The Hall–Kier alpha value is -4.41. The Balaban J connectivity index is 1.39. The average molecular weight is 751 g/mol. The number of aliphatic hydroxyl groups is 3. The highest BCUT2D eigenvalue weighted by Gasteiger charge is 2.31. The molecule has 0 unspecified atom stereocenters. The Labute approximate surface area is 312 Å². The first kappa shape index (κ1) is 38.8. The predicted octanol–water partition coefficient (Wildman–Crippen LogP) is 6.17. The zero-order chi connectivity index (χ0) is 37.3. The summed E-state index contributed by atoms with van der Waals surface area (Å²) in [6.45, 7) is 1.64. The van der Waals surface area contributed by atoms with E-state index in [0.29, 0.717) is 69.1 Å². The molecular weight excluding hydrogens is 709 g/mol. The second-order valence-corrected chi connectivity index (χ2v) is 13.7. The number of halogens is 2. The Morgan fingerprint density at radius 1 is 0.923 bits per heavy atom. The van der Waals surface area contributed by atoms with Crippen molar-refractivity contribution in [1.82, 2.24) is 9.88 Å². The topological polar surface area (TPSA) is 166 Å². The van der Waals surface area contributed by atoms with Gasteiger partial charge >= 0.3 is 5.97 Å². The molecular formula is C39H41Cl2N3O8. The highest BCUT2D eigenvalue weighted by Crippen LogP contribution is 2.39. The Kier molecular flexibility index (Phi) is 13.3. The number of rotatable bonds is 16. The summed E-state index contributed by atoms with van der Waals surface area (Å²) in [5.41, 5.74) is 3.89. The number of nitrogens with zero attached hydrogens (tertiary/aromatic N) is 3. The van der Waals surface area contributed by atoms with Crippen LogP contribution in [0.15, 0.2) is 67.0 Å². The van der Waals surface area contributed by atoms with E-state index in [1.807, 2.05) is 36.1 Å². The first-order chi connectivity index (χ1) is 25.1. The van der Waals surface area contributed by atoms with Crippen molar-refractivity contribution in [1.29, 1.82) is 5.26 Å². The lowest BCUT2D eigenvalue weighted by molar-refractivity contribution is -0.144. The Morgan fingerprint density at radius 3 is 2.38 bits per heavy atom. The first-order valence-corrected chi connectivity index (χ1v) is 17.6. The largest absolute Gasteiger partial charge is 0.491 e. The van der Waals surface area contributed by atoms with Crippen molar-refractivity contribution in [2.24, 2.45) is 5.41 Å². The van der Waals surface area contributed by atoms with Gasteiger partial charge in [-0.1, -0.05) is 60.0 Å². The average Bonchev–Trinajstić information content (AvgIpc) is 3.16. The van der Waals surface area contributed by atoms with Crippen molar-refractivity contribution in [2.45, 2.75) is 52.0 Å². The number of carboxylic acids is 1. The minimum atomic E-state index is -1.22. The number of likely N-dealkylation sites (tertiary alicyclic amines) is 1. The van der Waals surface area contributed by atoms with Gasteiger partial charge in [0.1, 0.15) is 49.2 Å². The number of hydrogen-bond donors (Lipinski definition) is 4. The van der Waals surface area contributed by atoms with Crippen molar-refractivity contribution >= 4 is 29.2 Å². The molecule has 11 nitrogen and oxygen atoms in total. The third-order valence-corrected chi connectivity index (χ3v) is 10.0. The second kappa shape index (κ2) is 17.9. The summed E-state index contributed by atoms with van der Waals surface area (Å²) in [7, 11) is 0. The van der Waals surface area contributed by atoms with Crippen LogP contribution in [0.4, 0.5) is 0 Å². The summed E-state index contributed by atoms with van der Waals surface area (Å²) in [4.78, 5) is 18.1. The molecule has 13 heteroatoms. The van der Waals surface area contributed by atoms with Gasteiger partial charge in [-0.25, -0.2) is 0 Å². The van der Waals surface area contributed by atoms with Gasteiger partial charge < -0.3 is 34.6 Å². The van der Waals surface area contributed by atoms with Gasteiger partial charge in [0.25, 0.3) is 0 Å². The van der Waals surface area contributed by atoms with E-state index in [4.69, 9.17) is 37.4 Å². The molecule has 1 atom stereocenters. The third-order valence-electron chi connectivity index (χ3n) is 9.33. The molecule has 1 saturated heterocycles. The van der Waals surface area contributed by atoms with Crippen molar-refractivity contribution < 1.29 is 39.4 Å². The molecule has 5 rings (SSSR count). The highest BCUT2D eigenvalue weighted by molar-refractivity contribution is 6.35. The standard InChI is InChI=1S/C39H41Cl2N3O8/c1-25-28(6-4-7-30(25)31-8-5-10-34(37(31)41)52-24-39(21-45,22-46)23-47)20-51-36-14-35(50-19-27-12-26(15-42)16-43-17-27)29(13-32(36)40)18-44-11-3-2-9-33(44)38(48)49/h4-8,10,12-14,16-17,33,45-47H,2-3,9,11,18-24H2,1H3,(H,48,49)/t33-/m0/s1. The molecule has 1 fully saturated rings. The van der Waals surface area contributed by atoms with E-state index in [1.165, 1.54) is 6.20 Å². The molecule has 1 aromatic heterocycles. The summed E-state index contributed by atoms with van der Waals surface area (Å²) in [6.07, 6.45) is 5.39. The lowest BCUT2D eigenvalue weighted by Crippen LogP contribution is -2.44. The van der Waals surface area contributed by atoms with E-state index in [-0.39, 0.29) is 19.8 Å². The zero-order valence-corrected chi connectivity index (χ0v) is 30.2. The van der Waals surface area contributed by atoms with Gasteiger partial charge in [0.15, 0.2) is 0 Å². The molecule has 0 aliphatic carbocycles. The molecule has 0 saturated carbocycles. The fraction of sp³-hybridized carbons (Fsp3) is 0.359. The zero-order valence-electron chi connectivity index (χ0n) is 28.7. The van der Waals surface area contributed by atoms with Crippen molar-refractivity contribution in [3.63, 3.8) is 0 Å². The Bertz CT molecular complexity index is 1910. The first-order valence-electron chi connectivity index (χ1n) is 16.8. The highest BCUT2D eigenvalue weighted by atomic mass is 35.5. The Morgan fingerprint density at radius 2 is 1.65 bits per heavy atom. The van der Waals surface area contributed by atoms with Gasteiger partial charge in [-0.2, -0.15) is 5.26 Å². The number of piperidine rings is 1. The molecule has 2 heterocycles. The molecule has 0 amide bonds. The summed E-state index contributed by atoms with van der Waals surface area (Å²) in [5.74, 6) is 0.320. The maximum absolute atomic E-state index is 12.0. The summed E-state index contributed by atoms with van der Waals surface area (Å²) >= 11 is 13.6. The second-order valence-electron chi connectivity index (χ2n) is 13.0. The molecule has 274 valence electrons. The number of carboxylic acid groups (broad SMARTS) is 1. The van der Waals surface area contributed by atoms with Crippen molar-refractivity contribution in [3.8, 4) is 34.4 Å². The number of aliphatic hydroxyl groups excluding tert-OH is 3. The van der Waals surface area contributed by atoms with E-state index >= 15 is 0 Å². The van der Waals surface area contributed by atoms with Crippen LogP contribution in [0.3, 0.4) is 0 Å². The van der Waals surface area contributed by atoms with Gasteiger partial charge in [-0.15, -0.1) is 0 Å². The molecule has 3 aromatic carbocycles. The summed E-state index contributed by atoms with van der Waals surface area (Å²) in [5, 5.41) is 48.9. The van der Waals surface area contributed by atoms with E-state index in [0.717, 1.165) is 29.5 Å². The molecule has 0 bridgehead atoms. The van der Waals surface area contributed by atoms with Crippen LogP contribution in [0.5, 0.6) is 17.2 Å². The van der Waals surface area contributed by atoms with E-state index in [1.54, 1.807) is 36.5 Å². The van der Waals surface area contributed by atoms with Gasteiger partial charge in [-0.05, 0) is 61.2 Å². The van der Waals surface area contributed by atoms with E-state index in [2.05, 4.69) is 11.1 Å². The lowest BCUT2D eigenvalue weighted by Gasteiger charge is -2.33. The van der Waals surface area contributed by atoms with Crippen molar-refractivity contribution in [2.75, 3.05) is 33.0 Å². The maximum Gasteiger partial charge on any atom is 0.320 e. The van der Waals surface area contributed by atoms with E-state index in [9.17, 15) is 30.5 Å². The number of carbonyl (C=O) groups is 1. The van der Waals surface area contributed by atoms with Gasteiger partial charge in [0.05, 0.1) is 40.8 Å². The number of benzene rings is 3. The van der Waals surface area contributed by atoms with Crippen LogP contribution in [-0.2, 0) is 24.6 Å². The number of hydrogen-bond acceptors (Lipinski definition) is 10. The van der Waals surface area contributed by atoms with Crippen LogP contribution in [0.1, 0.15) is 47.1 Å². The smallest absolute Gasteiger partial charge is 0.320 e. The molecule has 4 N–H and O–H groups in total. The monoisotopic (exact) mass is 749 g/mol. The minimum Gasteiger partial charge on any atom is -0.491 e. The minimum absolute atomic E-state index is 0.116. The van der Waals surface area contributed by atoms with E-state index < -0.39 is 37.2 Å². The third kappa shape index (κ3) is 9.14. The van der Waals surface area contributed by atoms with Crippen LogP contribution in [0.25, 0.3) is 11.1 Å². The normalized spacial score (nSPS) is 14.8. The quantitative estimate of drug-likeness (QED) is 0.103. The fourth-order valence-corrected chi connectivity index (χ4v) is 6.57. The van der Waals surface area contributed by atoms with Crippen LogP contribution in [0.2, 0.25) is 10.0 Å². The summed E-state index contributed by atoms with van der Waals surface area (Å²) in [6, 6.07) is 17.7. The number of ether oxygens (including phenoxy) is 3. The molecule has 0 spiro atoms. The summed E-state index contributed by atoms with van der Waals surface area (Å²) < 4.78 is 18.4. The number of nitriles is 1. The fourth-order valence-electron chi connectivity index (χ4n) is 6.05. The molecule has 52 heavy (non-hydrogen) atoms. The lowest BCUT2D eigenvalue weighted by atomic mass is 9.92. The number of pyridine rings is 1. The SMILES string of the molecule is Cc1c(COc2cc(OCc3cncc(C#N)c3)c(CN3CCCC[C@H]3C(=O)O)cc2Cl)cccc1-c1cccc(OCC(CO)(CO)CO)c1Cl.